The molecule has 4 nitrogen and oxygen atoms in total. The number of amides is 1. The molecule has 1 aromatic carbocycles. The number of nitrogens with zero attached hydrogens (tertiary/aromatic N) is 1. The minimum absolute atomic E-state index is 0. The molecule has 0 aromatic heterocycles. The number of piperidine rings is 1. The summed E-state index contributed by atoms with van der Waals surface area (Å²) in [6.45, 7) is 4.35. The summed E-state index contributed by atoms with van der Waals surface area (Å²) in [6.07, 6.45) is 3.05. The third-order valence-corrected chi connectivity index (χ3v) is 4.31. The predicted molar refractivity (Wildman–Crippen MR) is 103 cm³/mol. The third kappa shape index (κ3) is 6.58. The molecule has 1 aromatic rings. The van der Waals surface area contributed by atoms with Crippen molar-refractivity contribution < 1.29 is 4.79 Å². The highest BCUT2D eigenvalue weighted by Gasteiger charge is 2.22. The second kappa shape index (κ2) is 10.7. The summed E-state index contributed by atoms with van der Waals surface area (Å²) in [4.78, 5) is 14.3. The number of anilines is 2. The predicted octanol–water partition coefficient (Wildman–Crippen LogP) is 3.56. The number of benzene rings is 1. The normalized spacial score (nSPS) is 18.1. The van der Waals surface area contributed by atoms with Gasteiger partial charge in [0, 0.05) is 20.5 Å². The number of carbonyl (C=O) groups is 1. The Balaban J connectivity index is 0.00000242. The van der Waals surface area contributed by atoms with Gasteiger partial charge in [0.05, 0.1) is 11.4 Å². The largest absolute Gasteiger partial charge is 0.376 e. The van der Waals surface area contributed by atoms with Crippen molar-refractivity contribution in [2.45, 2.75) is 26.2 Å². The van der Waals surface area contributed by atoms with Crippen molar-refractivity contribution in [3.05, 3.63) is 24.3 Å². The molecule has 2 N–H and O–H groups in total. The second-order valence-corrected chi connectivity index (χ2v) is 6.25. The molecule has 0 aliphatic carbocycles. The van der Waals surface area contributed by atoms with Crippen LogP contribution in [-0.4, -0.2) is 33.1 Å². The Morgan fingerprint density at radius 1 is 1.35 bits per heavy atom. The zero-order valence-corrected chi connectivity index (χ0v) is 15.8. The molecule has 1 saturated heterocycles. The number of hydrogen-bond acceptors (Lipinski definition) is 3. The molecule has 1 amide bonds. The number of para-hydroxylation sites is 2. The molecule has 1 fully saturated rings. The first-order valence-corrected chi connectivity index (χ1v) is 7.85. The Labute approximate surface area is 152 Å². The Kier molecular flexibility index (Phi) is 10.3. The van der Waals surface area contributed by atoms with E-state index in [-0.39, 0.29) is 30.7 Å². The molecule has 2 rings (SSSR count). The van der Waals surface area contributed by atoms with E-state index in [9.17, 15) is 4.79 Å². The van der Waals surface area contributed by atoms with Crippen LogP contribution in [0.3, 0.4) is 0 Å². The van der Waals surface area contributed by atoms with Crippen molar-refractivity contribution in [1.29, 1.82) is 0 Å². The maximum atomic E-state index is 12.3. The van der Waals surface area contributed by atoms with Gasteiger partial charge in [-0.25, -0.2) is 0 Å². The van der Waals surface area contributed by atoms with Gasteiger partial charge in [-0.2, -0.15) is 0 Å². The van der Waals surface area contributed by atoms with Gasteiger partial charge < -0.3 is 15.5 Å². The molecule has 2 unspecified atom stereocenters. The highest BCUT2D eigenvalue weighted by atomic mass is 35.5. The van der Waals surface area contributed by atoms with E-state index in [1.54, 1.807) is 0 Å². The third-order valence-electron chi connectivity index (χ3n) is 4.31. The van der Waals surface area contributed by atoms with Crippen molar-refractivity contribution >= 4 is 42.1 Å². The first-order valence-electron chi connectivity index (χ1n) is 7.85. The lowest BCUT2D eigenvalue weighted by molar-refractivity contribution is -0.117. The van der Waals surface area contributed by atoms with E-state index in [1.165, 1.54) is 12.8 Å². The second-order valence-electron chi connectivity index (χ2n) is 6.25. The van der Waals surface area contributed by atoms with Crippen molar-refractivity contribution in [2.75, 3.05) is 37.4 Å². The van der Waals surface area contributed by atoms with Gasteiger partial charge >= 0.3 is 0 Å². The Morgan fingerprint density at radius 2 is 2.04 bits per heavy atom. The van der Waals surface area contributed by atoms with Gasteiger partial charge in [-0.05, 0) is 49.9 Å². The molecule has 1 aliphatic heterocycles. The molecular formula is C17H29Cl2N3O. The van der Waals surface area contributed by atoms with Crippen LogP contribution in [0.5, 0.6) is 0 Å². The van der Waals surface area contributed by atoms with E-state index in [0.717, 1.165) is 24.5 Å². The first-order chi connectivity index (χ1) is 10.1. The van der Waals surface area contributed by atoms with Gasteiger partial charge in [0.2, 0.25) is 5.91 Å². The highest BCUT2D eigenvalue weighted by Crippen LogP contribution is 2.26. The van der Waals surface area contributed by atoms with E-state index >= 15 is 0 Å². The van der Waals surface area contributed by atoms with Crippen LogP contribution in [0.1, 0.15) is 26.2 Å². The standard InChI is InChI=1S/C17H27N3O.2ClH/c1-13(14-7-6-10-18-12-14)11-17(21)19-15-8-4-5-9-16(15)20(2)3;;/h4-5,8-9,13-14,18H,6-7,10-12H2,1-3H3,(H,19,21);2*1H. The minimum atomic E-state index is 0. The van der Waals surface area contributed by atoms with Crippen LogP contribution in [0.4, 0.5) is 11.4 Å². The molecule has 0 saturated carbocycles. The first kappa shape index (κ1) is 22.0. The van der Waals surface area contributed by atoms with Gasteiger partial charge in [0.25, 0.3) is 0 Å². The minimum Gasteiger partial charge on any atom is -0.376 e. The maximum absolute atomic E-state index is 12.3. The molecule has 6 heteroatoms. The summed E-state index contributed by atoms with van der Waals surface area (Å²) in [5.74, 6) is 1.15. The smallest absolute Gasteiger partial charge is 0.224 e. The molecule has 0 spiro atoms. The van der Waals surface area contributed by atoms with Crippen molar-refractivity contribution in [3.63, 3.8) is 0 Å². The van der Waals surface area contributed by atoms with Crippen LogP contribution in [0.25, 0.3) is 0 Å². The molecule has 0 bridgehead atoms. The Hall–Kier alpha value is -0.970. The van der Waals surface area contributed by atoms with Gasteiger partial charge in [-0.15, -0.1) is 24.8 Å². The fourth-order valence-electron chi connectivity index (χ4n) is 2.99. The summed E-state index contributed by atoms with van der Waals surface area (Å²) >= 11 is 0. The van der Waals surface area contributed by atoms with Gasteiger partial charge in [0.15, 0.2) is 0 Å². The summed E-state index contributed by atoms with van der Waals surface area (Å²) in [5.41, 5.74) is 1.93. The lowest BCUT2D eigenvalue weighted by Crippen LogP contribution is -2.34. The topological polar surface area (TPSA) is 44.4 Å². The SMILES string of the molecule is CC(CC(=O)Nc1ccccc1N(C)C)C1CCCNC1.Cl.Cl. The number of nitrogens with one attached hydrogen (secondary N) is 2. The van der Waals surface area contributed by atoms with Gasteiger partial charge in [-0.3, -0.25) is 4.79 Å². The van der Waals surface area contributed by atoms with Gasteiger partial charge in [-0.1, -0.05) is 19.1 Å². The lowest BCUT2D eigenvalue weighted by Gasteiger charge is -2.28. The monoisotopic (exact) mass is 361 g/mol. The summed E-state index contributed by atoms with van der Waals surface area (Å²) < 4.78 is 0. The molecule has 23 heavy (non-hydrogen) atoms. The fourth-order valence-corrected chi connectivity index (χ4v) is 2.99. The number of carbonyl (C=O) groups excluding carboxylic acids is 1. The van der Waals surface area contributed by atoms with Crippen molar-refractivity contribution in [2.24, 2.45) is 11.8 Å². The summed E-state index contributed by atoms with van der Waals surface area (Å²) in [6, 6.07) is 7.92. The Morgan fingerprint density at radius 3 is 2.65 bits per heavy atom. The summed E-state index contributed by atoms with van der Waals surface area (Å²) in [7, 11) is 3.97. The van der Waals surface area contributed by atoms with Crippen LogP contribution >= 0.6 is 24.8 Å². The van der Waals surface area contributed by atoms with Crippen LogP contribution < -0.4 is 15.5 Å². The van der Waals surface area contributed by atoms with Gasteiger partial charge in [0.1, 0.15) is 0 Å². The van der Waals surface area contributed by atoms with E-state index in [0.29, 0.717) is 18.3 Å². The van der Waals surface area contributed by atoms with Crippen LogP contribution in [0.15, 0.2) is 24.3 Å². The van der Waals surface area contributed by atoms with Crippen molar-refractivity contribution in [3.8, 4) is 0 Å². The van der Waals surface area contributed by atoms with Crippen LogP contribution in [-0.2, 0) is 4.79 Å². The average Bonchev–Trinajstić information content (AvgIpc) is 2.48. The summed E-state index contributed by atoms with van der Waals surface area (Å²) in [5, 5.41) is 6.49. The Bertz CT molecular complexity index is 477. The molecule has 2 atom stereocenters. The molecule has 0 radical (unpaired) electrons. The molecular weight excluding hydrogens is 333 g/mol. The van der Waals surface area contributed by atoms with E-state index in [1.807, 2.05) is 43.3 Å². The van der Waals surface area contributed by atoms with E-state index < -0.39 is 0 Å². The number of hydrogen-bond donors (Lipinski definition) is 2. The van der Waals surface area contributed by atoms with Crippen LogP contribution in [0.2, 0.25) is 0 Å². The zero-order valence-electron chi connectivity index (χ0n) is 14.2. The zero-order chi connectivity index (χ0) is 15.2. The van der Waals surface area contributed by atoms with Crippen molar-refractivity contribution in [1.82, 2.24) is 5.32 Å². The molecule has 1 heterocycles. The average molecular weight is 362 g/mol. The molecule has 1 aliphatic rings. The maximum Gasteiger partial charge on any atom is 0.224 e. The quantitative estimate of drug-likeness (QED) is 0.842. The lowest BCUT2D eigenvalue weighted by atomic mass is 9.85. The van der Waals surface area contributed by atoms with Crippen LogP contribution in [0, 0.1) is 11.8 Å². The van der Waals surface area contributed by atoms with E-state index in [4.69, 9.17) is 0 Å². The fraction of sp³-hybridized carbons (Fsp3) is 0.588. The highest BCUT2D eigenvalue weighted by molar-refractivity contribution is 5.94. The number of rotatable bonds is 5. The number of halogens is 2. The van der Waals surface area contributed by atoms with E-state index in [2.05, 4.69) is 17.6 Å². The molecule has 132 valence electrons.